The highest BCUT2D eigenvalue weighted by Gasteiger charge is 2.29. The second-order valence-electron chi connectivity index (χ2n) is 4.61. The van der Waals surface area contributed by atoms with Crippen LogP contribution >= 0.6 is 0 Å². The highest BCUT2D eigenvalue weighted by Crippen LogP contribution is 2.28. The van der Waals surface area contributed by atoms with Gasteiger partial charge in [-0.2, -0.15) is 0 Å². The van der Waals surface area contributed by atoms with E-state index < -0.39 is 5.82 Å². The number of carbonyl (C=O) groups excluding carboxylic acids is 2. The van der Waals surface area contributed by atoms with Crippen molar-refractivity contribution in [3.8, 4) is 0 Å². The summed E-state index contributed by atoms with van der Waals surface area (Å²) in [7, 11) is 1.58. The van der Waals surface area contributed by atoms with Crippen molar-refractivity contribution >= 4 is 17.9 Å². The molecular weight excluding hydrogens is 247 g/mol. The number of rotatable bonds is 3. The van der Waals surface area contributed by atoms with E-state index in [9.17, 15) is 14.0 Å². The fraction of sp³-hybridized carbons (Fsp3) is 0.429. The summed E-state index contributed by atoms with van der Waals surface area (Å²) in [6, 6.07) is 4.17. The van der Waals surface area contributed by atoms with Gasteiger partial charge in [-0.25, -0.2) is 4.39 Å². The van der Waals surface area contributed by atoms with Crippen LogP contribution in [0.2, 0.25) is 0 Å². The molecule has 4 nitrogen and oxygen atoms in total. The van der Waals surface area contributed by atoms with Crippen molar-refractivity contribution in [2.45, 2.75) is 25.3 Å². The van der Waals surface area contributed by atoms with Crippen molar-refractivity contribution in [2.75, 3.05) is 18.5 Å². The highest BCUT2D eigenvalue weighted by atomic mass is 19.1. The SMILES string of the molecule is CNC(=O)C1CCCCN1c1cccc(F)c1C=O. The largest absolute Gasteiger partial charge is 0.359 e. The molecule has 1 aromatic carbocycles. The molecule has 0 bridgehead atoms. The van der Waals surface area contributed by atoms with E-state index in [0.717, 1.165) is 12.8 Å². The third-order valence-electron chi connectivity index (χ3n) is 3.51. The van der Waals surface area contributed by atoms with E-state index in [1.807, 2.05) is 4.90 Å². The maximum absolute atomic E-state index is 13.7. The number of aldehydes is 1. The van der Waals surface area contributed by atoms with Crippen molar-refractivity contribution < 1.29 is 14.0 Å². The second-order valence-corrected chi connectivity index (χ2v) is 4.61. The van der Waals surface area contributed by atoms with Crippen molar-refractivity contribution in [3.63, 3.8) is 0 Å². The summed E-state index contributed by atoms with van der Waals surface area (Å²) in [5.74, 6) is -0.644. The van der Waals surface area contributed by atoms with Crippen molar-refractivity contribution in [1.29, 1.82) is 0 Å². The molecule has 1 fully saturated rings. The van der Waals surface area contributed by atoms with Crippen molar-refractivity contribution in [1.82, 2.24) is 5.32 Å². The van der Waals surface area contributed by atoms with E-state index in [0.29, 0.717) is 24.9 Å². The van der Waals surface area contributed by atoms with E-state index in [2.05, 4.69) is 5.32 Å². The molecule has 102 valence electrons. The van der Waals surface area contributed by atoms with Crippen LogP contribution in [0.25, 0.3) is 0 Å². The average Bonchev–Trinajstić information content (AvgIpc) is 2.46. The number of nitrogens with one attached hydrogen (secondary N) is 1. The number of carbonyl (C=O) groups is 2. The predicted molar refractivity (Wildman–Crippen MR) is 70.8 cm³/mol. The molecule has 5 heteroatoms. The minimum Gasteiger partial charge on any atom is -0.359 e. The number of hydrogen-bond acceptors (Lipinski definition) is 3. The zero-order valence-electron chi connectivity index (χ0n) is 10.9. The van der Waals surface area contributed by atoms with Gasteiger partial charge in [-0.3, -0.25) is 9.59 Å². The lowest BCUT2D eigenvalue weighted by molar-refractivity contribution is -0.122. The molecule has 1 atom stereocenters. The van der Waals surface area contributed by atoms with Gasteiger partial charge < -0.3 is 10.2 Å². The molecule has 0 spiro atoms. The summed E-state index contributed by atoms with van der Waals surface area (Å²) in [4.78, 5) is 24.8. The molecule has 1 aromatic rings. The quantitative estimate of drug-likeness (QED) is 0.846. The summed E-state index contributed by atoms with van der Waals surface area (Å²) >= 11 is 0. The fourth-order valence-electron chi connectivity index (χ4n) is 2.55. The summed E-state index contributed by atoms with van der Waals surface area (Å²) in [5, 5.41) is 2.62. The Morgan fingerprint density at radius 1 is 1.47 bits per heavy atom. The van der Waals surface area contributed by atoms with Crippen LogP contribution in [-0.2, 0) is 4.79 Å². The first-order chi connectivity index (χ1) is 9.19. The molecule has 1 aliphatic rings. The number of likely N-dealkylation sites (N-methyl/N-ethyl adjacent to an activating group) is 1. The number of nitrogens with zero attached hydrogens (tertiary/aromatic N) is 1. The number of anilines is 1. The molecule has 0 radical (unpaired) electrons. The van der Waals surface area contributed by atoms with E-state index >= 15 is 0 Å². The number of piperidine rings is 1. The lowest BCUT2D eigenvalue weighted by atomic mass is 9.99. The van der Waals surface area contributed by atoms with Crippen LogP contribution in [0.4, 0.5) is 10.1 Å². The van der Waals surface area contributed by atoms with Gasteiger partial charge in [0.2, 0.25) is 5.91 Å². The maximum Gasteiger partial charge on any atom is 0.242 e. The van der Waals surface area contributed by atoms with Gasteiger partial charge >= 0.3 is 0 Å². The number of halogens is 1. The summed E-state index contributed by atoms with van der Waals surface area (Å²) in [6.45, 7) is 0.655. The van der Waals surface area contributed by atoms with Gasteiger partial charge in [0.1, 0.15) is 11.9 Å². The van der Waals surface area contributed by atoms with Gasteiger partial charge in [0, 0.05) is 13.6 Å². The standard InChI is InChI=1S/C14H17FN2O2/c1-16-14(19)13-6-2-3-8-17(13)12-7-4-5-11(15)10(12)9-18/h4-5,7,9,13H,2-3,6,8H2,1H3,(H,16,19). The summed E-state index contributed by atoms with van der Waals surface area (Å²) in [5.41, 5.74) is 0.529. The van der Waals surface area contributed by atoms with Crippen LogP contribution in [0.1, 0.15) is 29.6 Å². The number of amides is 1. The van der Waals surface area contributed by atoms with E-state index in [4.69, 9.17) is 0 Å². The Kier molecular flexibility index (Phi) is 4.14. The Morgan fingerprint density at radius 3 is 2.95 bits per heavy atom. The highest BCUT2D eigenvalue weighted by molar-refractivity contribution is 5.90. The Labute approximate surface area is 111 Å². The summed E-state index contributed by atoms with van der Waals surface area (Å²) < 4.78 is 13.7. The third-order valence-corrected chi connectivity index (χ3v) is 3.51. The number of hydrogen-bond donors (Lipinski definition) is 1. The predicted octanol–water partition coefficient (Wildman–Crippen LogP) is 1.74. The second kappa shape index (κ2) is 5.82. The zero-order valence-corrected chi connectivity index (χ0v) is 10.9. The van der Waals surface area contributed by atoms with Crippen LogP contribution in [0.5, 0.6) is 0 Å². The lowest BCUT2D eigenvalue weighted by Crippen LogP contribution is -2.49. The molecule has 0 aromatic heterocycles. The van der Waals surface area contributed by atoms with Gasteiger partial charge in [0.05, 0.1) is 11.3 Å². The molecule has 1 heterocycles. The smallest absolute Gasteiger partial charge is 0.242 e. The number of benzene rings is 1. The van der Waals surface area contributed by atoms with Crippen LogP contribution < -0.4 is 10.2 Å². The topological polar surface area (TPSA) is 49.4 Å². The van der Waals surface area contributed by atoms with E-state index in [1.165, 1.54) is 6.07 Å². The van der Waals surface area contributed by atoms with Gasteiger partial charge in [0.15, 0.2) is 6.29 Å². The average molecular weight is 264 g/mol. The van der Waals surface area contributed by atoms with Crippen LogP contribution in [-0.4, -0.2) is 31.8 Å². The van der Waals surface area contributed by atoms with Gasteiger partial charge in [-0.05, 0) is 31.4 Å². The van der Waals surface area contributed by atoms with E-state index in [1.54, 1.807) is 19.2 Å². The zero-order chi connectivity index (χ0) is 13.8. The lowest BCUT2D eigenvalue weighted by Gasteiger charge is -2.36. The molecule has 1 saturated heterocycles. The van der Waals surface area contributed by atoms with Gasteiger partial charge in [-0.15, -0.1) is 0 Å². The maximum atomic E-state index is 13.7. The first-order valence-corrected chi connectivity index (χ1v) is 6.41. The molecule has 0 saturated carbocycles. The minimum atomic E-state index is -0.547. The summed E-state index contributed by atoms with van der Waals surface area (Å²) in [6.07, 6.45) is 3.12. The van der Waals surface area contributed by atoms with Gasteiger partial charge in [0.25, 0.3) is 0 Å². The Balaban J connectivity index is 2.40. The normalized spacial score (nSPS) is 19.1. The third kappa shape index (κ3) is 2.59. The molecule has 1 aliphatic heterocycles. The van der Waals surface area contributed by atoms with Crippen LogP contribution in [0.15, 0.2) is 18.2 Å². The molecule has 1 unspecified atom stereocenters. The molecule has 1 N–H and O–H groups in total. The first-order valence-electron chi connectivity index (χ1n) is 6.41. The minimum absolute atomic E-state index is 0.0262. The van der Waals surface area contributed by atoms with Crippen LogP contribution in [0, 0.1) is 5.82 Å². The van der Waals surface area contributed by atoms with Crippen LogP contribution in [0.3, 0.4) is 0 Å². The molecule has 0 aliphatic carbocycles. The monoisotopic (exact) mass is 264 g/mol. The molecule has 1 amide bonds. The van der Waals surface area contributed by atoms with Gasteiger partial charge in [-0.1, -0.05) is 6.07 Å². The first kappa shape index (κ1) is 13.5. The fourth-order valence-corrected chi connectivity index (χ4v) is 2.55. The molecular formula is C14H17FN2O2. The van der Waals surface area contributed by atoms with Crippen molar-refractivity contribution in [2.24, 2.45) is 0 Å². The molecule has 2 rings (SSSR count). The molecule has 19 heavy (non-hydrogen) atoms. The Bertz CT molecular complexity index is 490. The Morgan fingerprint density at radius 2 is 2.26 bits per heavy atom. The van der Waals surface area contributed by atoms with Crippen molar-refractivity contribution in [3.05, 3.63) is 29.6 Å². The Hall–Kier alpha value is -1.91. The van der Waals surface area contributed by atoms with E-state index in [-0.39, 0.29) is 17.5 Å².